The molecule has 0 radical (unpaired) electrons. The highest BCUT2D eigenvalue weighted by atomic mass is 16.2. The smallest absolute Gasteiger partial charge is 0.243 e. The van der Waals surface area contributed by atoms with E-state index in [-0.39, 0.29) is 12.5 Å². The van der Waals surface area contributed by atoms with E-state index in [4.69, 9.17) is 0 Å². The quantitative estimate of drug-likeness (QED) is 0.579. The van der Waals surface area contributed by atoms with Crippen molar-refractivity contribution in [3.63, 3.8) is 0 Å². The van der Waals surface area contributed by atoms with Gasteiger partial charge in [-0.25, -0.2) is 4.99 Å². The third kappa shape index (κ3) is 5.60. The highest BCUT2D eigenvalue weighted by Crippen LogP contribution is 2.26. The molecule has 2 N–H and O–H groups in total. The van der Waals surface area contributed by atoms with Crippen LogP contribution in [0.1, 0.15) is 64.2 Å². The molecule has 1 amide bonds. The Labute approximate surface area is 158 Å². The average Bonchev–Trinajstić information content (AvgIpc) is 3.31. The lowest BCUT2D eigenvalue weighted by Crippen LogP contribution is -2.49. The van der Waals surface area contributed by atoms with Crippen LogP contribution in [0.25, 0.3) is 0 Å². The number of rotatable bonds is 5. The molecular weight excluding hydrogens is 326 g/mol. The van der Waals surface area contributed by atoms with E-state index < -0.39 is 0 Å². The molecule has 2 saturated carbocycles. The standard InChI is InChI=1S/C20H37N5O/c1-24(2)19(26)14-21-20(22-16-8-4-3-5-9-16)23-17-12-13-25(15-17)18-10-6-7-11-18/h16-18H,3-15H2,1-2H3,(H2,21,22,23). The fourth-order valence-corrected chi connectivity index (χ4v) is 4.56. The molecule has 6 nitrogen and oxygen atoms in total. The Balaban J connectivity index is 1.55. The molecular formula is C20H37N5O. The van der Waals surface area contributed by atoms with Crippen molar-refractivity contribution in [3.05, 3.63) is 0 Å². The highest BCUT2D eigenvalue weighted by molar-refractivity contribution is 5.85. The van der Waals surface area contributed by atoms with Gasteiger partial charge in [0.05, 0.1) is 0 Å². The highest BCUT2D eigenvalue weighted by Gasteiger charge is 2.30. The Hall–Kier alpha value is -1.30. The van der Waals surface area contributed by atoms with E-state index in [0.29, 0.717) is 12.1 Å². The second-order valence-electron chi connectivity index (χ2n) is 8.50. The molecule has 6 heteroatoms. The summed E-state index contributed by atoms with van der Waals surface area (Å²) in [7, 11) is 3.58. The number of amides is 1. The largest absolute Gasteiger partial charge is 0.354 e. The summed E-state index contributed by atoms with van der Waals surface area (Å²) in [5.41, 5.74) is 0. The van der Waals surface area contributed by atoms with Crippen LogP contribution in [0.2, 0.25) is 0 Å². The second-order valence-corrected chi connectivity index (χ2v) is 8.50. The summed E-state index contributed by atoms with van der Waals surface area (Å²) in [6, 6.07) is 1.74. The molecule has 1 saturated heterocycles. The molecule has 26 heavy (non-hydrogen) atoms. The Bertz CT molecular complexity index is 481. The molecule has 2 aliphatic carbocycles. The topological polar surface area (TPSA) is 60.0 Å². The van der Waals surface area contributed by atoms with Crippen molar-refractivity contribution >= 4 is 11.9 Å². The first-order valence-corrected chi connectivity index (χ1v) is 10.6. The van der Waals surface area contributed by atoms with Gasteiger partial charge in [0.25, 0.3) is 0 Å². The van der Waals surface area contributed by atoms with Crippen molar-refractivity contribution in [2.75, 3.05) is 33.7 Å². The lowest BCUT2D eigenvalue weighted by atomic mass is 9.96. The molecule has 3 fully saturated rings. The number of hydrogen-bond acceptors (Lipinski definition) is 3. The zero-order valence-corrected chi connectivity index (χ0v) is 16.7. The van der Waals surface area contributed by atoms with Crippen LogP contribution in [-0.2, 0) is 4.79 Å². The maximum Gasteiger partial charge on any atom is 0.243 e. The Kier molecular flexibility index (Phi) is 7.17. The van der Waals surface area contributed by atoms with Crippen LogP contribution in [-0.4, -0.2) is 73.5 Å². The Morgan fingerprint density at radius 2 is 1.62 bits per heavy atom. The summed E-state index contributed by atoms with van der Waals surface area (Å²) in [6.07, 6.45) is 13.0. The number of nitrogens with zero attached hydrogens (tertiary/aromatic N) is 3. The third-order valence-corrected chi connectivity index (χ3v) is 6.22. The Morgan fingerprint density at radius 1 is 0.962 bits per heavy atom. The van der Waals surface area contributed by atoms with Crippen LogP contribution in [0.15, 0.2) is 4.99 Å². The molecule has 1 atom stereocenters. The van der Waals surface area contributed by atoms with Gasteiger partial charge in [0.1, 0.15) is 6.54 Å². The monoisotopic (exact) mass is 363 g/mol. The number of guanidine groups is 1. The number of hydrogen-bond donors (Lipinski definition) is 2. The van der Waals surface area contributed by atoms with Crippen molar-refractivity contribution in [1.82, 2.24) is 20.4 Å². The van der Waals surface area contributed by atoms with E-state index in [9.17, 15) is 4.79 Å². The number of nitrogens with one attached hydrogen (secondary N) is 2. The minimum absolute atomic E-state index is 0.0498. The first kappa shape index (κ1) is 19.5. The molecule has 1 unspecified atom stereocenters. The third-order valence-electron chi connectivity index (χ3n) is 6.22. The van der Waals surface area contributed by atoms with Crippen LogP contribution in [0.5, 0.6) is 0 Å². The first-order valence-electron chi connectivity index (χ1n) is 10.6. The van der Waals surface area contributed by atoms with Crippen molar-refractivity contribution < 1.29 is 4.79 Å². The van der Waals surface area contributed by atoms with Gasteiger partial charge < -0.3 is 15.5 Å². The van der Waals surface area contributed by atoms with Gasteiger partial charge >= 0.3 is 0 Å². The predicted octanol–water partition coefficient (Wildman–Crippen LogP) is 1.96. The van der Waals surface area contributed by atoms with Crippen molar-refractivity contribution in [2.24, 2.45) is 4.99 Å². The van der Waals surface area contributed by atoms with E-state index in [0.717, 1.165) is 18.5 Å². The van der Waals surface area contributed by atoms with Crippen molar-refractivity contribution in [3.8, 4) is 0 Å². The summed E-state index contributed by atoms with van der Waals surface area (Å²) in [5.74, 6) is 0.888. The summed E-state index contributed by atoms with van der Waals surface area (Å²) in [4.78, 5) is 20.8. The first-order chi connectivity index (χ1) is 12.6. The fourth-order valence-electron chi connectivity index (χ4n) is 4.56. The number of carbonyl (C=O) groups is 1. The van der Waals surface area contributed by atoms with E-state index >= 15 is 0 Å². The maximum absolute atomic E-state index is 12.0. The lowest BCUT2D eigenvalue weighted by molar-refractivity contribution is -0.127. The van der Waals surface area contributed by atoms with E-state index in [1.54, 1.807) is 19.0 Å². The van der Waals surface area contributed by atoms with E-state index in [2.05, 4.69) is 20.5 Å². The van der Waals surface area contributed by atoms with Crippen LogP contribution in [0, 0.1) is 0 Å². The molecule has 1 heterocycles. The van der Waals surface area contributed by atoms with Gasteiger partial charge in [-0.3, -0.25) is 9.69 Å². The minimum Gasteiger partial charge on any atom is -0.354 e. The van der Waals surface area contributed by atoms with Gasteiger partial charge in [-0.05, 0) is 32.1 Å². The summed E-state index contributed by atoms with van der Waals surface area (Å²) >= 11 is 0. The number of aliphatic imine (C=N–C) groups is 1. The number of likely N-dealkylation sites (N-methyl/N-ethyl adjacent to an activating group) is 1. The van der Waals surface area contributed by atoms with Crippen LogP contribution >= 0.6 is 0 Å². The van der Waals surface area contributed by atoms with Gasteiger partial charge in [0.2, 0.25) is 5.91 Å². The second kappa shape index (κ2) is 9.58. The summed E-state index contributed by atoms with van der Waals surface area (Å²) in [5, 5.41) is 7.25. The fraction of sp³-hybridized carbons (Fsp3) is 0.900. The SMILES string of the molecule is CN(C)C(=O)CN=C(NC1CCCCC1)NC1CCN(C2CCCC2)C1. The van der Waals surface area contributed by atoms with Crippen molar-refractivity contribution in [2.45, 2.75) is 82.3 Å². The van der Waals surface area contributed by atoms with Gasteiger partial charge in [-0.15, -0.1) is 0 Å². The zero-order valence-electron chi connectivity index (χ0n) is 16.7. The lowest BCUT2D eigenvalue weighted by Gasteiger charge is -2.27. The molecule has 0 aromatic carbocycles. The van der Waals surface area contributed by atoms with Crippen LogP contribution in [0.3, 0.4) is 0 Å². The van der Waals surface area contributed by atoms with Gasteiger partial charge in [0, 0.05) is 45.3 Å². The molecule has 148 valence electrons. The molecule has 0 aromatic rings. The molecule has 3 rings (SSSR count). The summed E-state index contributed by atoms with van der Waals surface area (Å²) in [6.45, 7) is 2.52. The van der Waals surface area contributed by atoms with E-state index in [1.165, 1.54) is 70.8 Å². The predicted molar refractivity (Wildman–Crippen MR) is 106 cm³/mol. The normalized spacial score (nSPS) is 26.2. The van der Waals surface area contributed by atoms with E-state index in [1.807, 2.05) is 0 Å². The Morgan fingerprint density at radius 3 is 2.31 bits per heavy atom. The summed E-state index contributed by atoms with van der Waals surface area (Å²) < 4.78 is 0. The van der Waals surface area contributed by atoms with Crippen molar-refractivity contribution in [1.29, 1.82) is 0 Å². The van der Waals surface area contributed by atoms with Gasteiger partial charge in [-0.1, -0.05) is 32.1 Å². The van der Waals surface area contributed by atoms with Crippen LogP contribution in [0.4, 0.5) is 0 Å². The van der Waals surface area contributed by atoms with Crippen LogP contribution < -0.4 is 10.6 Å². The molecule has 0 bridgehead atoms. The molecule has 3 aliphatic rings. The zero-order chi connectivity index (χ0) is 18.4. The molecule has 0 aromatic heterocycles. The molecule has 1 aliphatic heterocycles. The van der Waals surface area contributed by atoms with Gasteiger partial charge in [-0.2, -0.15) is 0 Å². The number of carbonyl (C=O) groups excluding carboxylic acids is 1. The maximum atomic E-state index is 12.0. The van der Waals surface area contributed by atoms with Gasteiger partial charge in [0.15, 0.2) is 5.96 Å². The number of likely N-dealkylation sites (tertiary alicyclic amines) is 1. The average molecular weight is 364 g/mol. The molecule has 0 spiro atoms. The minimum atomic E-state index is 0.0498.